The van der Waals surface area contributed by atoms with Gasteiger partial charge in [0.05, 0.1) is 11.0 Å². The van der Waals surface area contributed by atoms with Crippen LogP contribution in [0.15, 0.2) is 18.2 Å². The van der Waals surface area contributed by atoms with E-state index in [1.807, 2.05) is 0 Å². The second kappa shape index (κ2) is 6.24. The molecule has 1 aliphatic carbocycles. The Labute approximate surface area is 123 Å². The van der Waals surface area contributed by atoms with E-state index in [1.165, 1.54) is 12.1 Å². The van der Waals surface area contributed by atoms with E-state index in [2.05, 4.69) is 5.32 Å². The zero-order valence-corrected chi connectivity index (χ0v) is 12.1. The van der Waals surface area contributed by atoms with Crippen molar-refractivity contribution in [2.75, 3.05) is 6.54 Å². The monoisotopic (exact) mass is 293 g/mol. The quantitative estimate of drug-likeness (QED) is 0.897. The van der Waals surface area contributed by atoms with E-state index < -0.39 is 23.1 Å². The Kier molecular flexibility index (Phi) is 4.60. The van der Waals surface area contributed by atoms with Crippen molar-refractivity contribution in [3.63, 3.8) is 0 Å². The number of benzene rings is 1. The van der Waals surface area contributed by atoms with Crippen LogP contribution in [0.4, 0.5) is 4.39 Å². The molecule has 2 rings (SSSR count). The van der Waals surface area contributed by atoms with E-state index in [9.17, 15) is 19.1 Å². The first-order valence-corrected chi connectivity index (χ1v) is 7.22. The van der Waals surface area contributed by atoms with Crippen molar-refractivity contribution in [3.8, 4) is 0 Å². The van der Waals surface area contributed by atoms with Crippen molar-refractivity contribution in [1.82, 2.24) is 5.32 Å². The number of aliphatic carboxylic acids is 1. The van der Waals surface area contributed by atoms with Gasteiger partial charge in [-0.15, -0.1) is 0 Å². The van der Waals surface area contributed by atoms with Gasteiger partial charge in [-0.25, -0.2) is 4.39 Å². The van der Waals surface area contributed by atoms with E-state index in [0.717, 1.165) is 24.8 Å². The largest absolute Gasteiger partial charge is 0.481 e. The zero-order valence-electron chi connectivity index (χ0n) is 12.1. The minimum Gasteiger partial charge on any atom is -0.481 e. The zero-order chi connectivity index (χ0) is 15.5. The van der Waals surface area contributed by atoms with Crippen molar-refractivity contribution in [2.45, 2.75) is 39.0 Å². The Morgan fingerprint density at radius 2 is 1.95 bits per heavy atom. The van der Waals surface area contributed by atoms with E-state index in [1.54, 1.807) is 13.0 Å². The van der Waals surface area contributed by atoms with Gasteiger partial charge in [-0.1, -0.05) is 30.9 Å². The van der Waals surface area contributed by atoms with Crippen LogP contribution in [-0.4, -0.2) is 23.5 Å². The summed E-state index contributed by atoms with van der Waals surface area (Å²) in [4.78, 5) is 23.6. The number of rotatable bonds is 4. The standard InChI is InChI=1S/C16H20FNO3/c1-11-5-6-13(17)12(9-11)14(19)18-10-16(15(20)21)7-3-2-4-8-16/h5-6,9H,2-4,7-8,10H2,1H3,(H,18,19)(H,20,21). The molecule has 0 aromatic heterocycles. The summed E-state index contributed by atoms with van der Waals surface area (Å²) >= 11 is 0. The highest BCUT2D eigenvalue weighted by Gasteiger charge is 2.39. The molecule has 0 spiro atoms. The maximum Gasteiger partial charge on any atom is 0.311 e. The summed E-state index contributed by atoms with van der Waals surface area (Å²) in [6.45, 7) is 1.82. The highest BCUT2D eigenvalue weighted by atomic mass is 19.1. The van der Waals surface area contributed by atoms with Crippen LogP contribution < -0.4 is 5.32 Å². The molecule has 0 heterocycles. The Morgan fingerprint density at radius 1 is 1.29 bits per heavy atom. The van der Waals surface area contributed by atoms with Crippen molar-refractivity contribution in [1.29, 1.82) is 0 Å². The first-order chi connectivity index (χ1) is 9.94. The maximum absolute atomic E-state index is 13.7. The second-order valence-electron chi connectivity index (χ2n) is 5.81. The van der Waals surface area contributed by atoms with Gasteiger partial charge in [0.2, 0.25) is 0 Å². The molecular weight excluding hydrogens is 273 g/mol. The SMILES string of the molecule is Cc1ccc(F)c(C(=O)NCC2(C(=O)O)CCCCC2)c1. The summed E-state index contributed by atoms with van der Waals surface area (Å²) in [5, 5.41) is 12.0. The van der Waals surface area contributed by atoms with Gasteiger partial charge in [0.15, 0.2) is 0 Å². The number of carboxylic acids is 1. The van der Waals surface area contributed by atoms with Crippen LogP contribution in [0.1, 0.15) is 48.0 Å². The van der Waals surface area contributed by atoms with Gasteiger partial charge in [-0.3, -0.25) is 9.59 Å². The summed E-state index contributed by atoms with van der Waals surface area (Å²) in [6.07, 6.45) is 3.83. The number of hydrogen-bond acceptors (Lipinski definition) is 2. The smallest absolute Gasteiger partial charge is 0.311 e. The normalized spacial score (nSPS) is 17.2. The number of aryl methyl sites for hydroxylation is 1. The molecule has 1 fully saturated rings. The Bertz CT molecular complexity index is 550. The predicted molar refractivity (Wildman–Crippen MR) is 76.6 cm³/mol. The Balaban J connectivity index is 2.08. The molecule has 1 aromatic rings. The van der Waals surface area contributed by atoms with E-state index in [-0.39, 0.29) is 12.1 Å². The summed E-state index contributed by atoms with van der Waals surface area (Å²) < 4.78 is 13.7. The van der Waals surface area contributed by atoms with Gasteiger partial charge in [-0.05, 0) is 31.9 Å². The first-order valence-electron chi connectivity index (χ1n) is 7.22. The highest BCUT2D eigenvalue weighted by Crippen LogP contribution is 2.36. The molecule has 0 atom stereocenters. The van der Waals surface area contributed by atoms with Gasteiger partial charge >= 0.3 is 5.97 Å². The van der Waals surface area contributed by atoms with Crippen molar-refractivity contribution in [3.05, 3.63) is 35.1 Å². The molecule has 1 aromatic carbocycles. The van der Waals surface area contributed by atoms with Crippen LogP contribution in [0.2, 0.25) is 0 Å². The van der Waals surface area contributed by atoms with Gasteiger partial charge in [0, 0.05) is 6.54 Å². The molecule has 21 heavy (non-hydrogen) atoms. The number of carbonyl (C=O) groups excluding carboxylic acids is 1. The number of nitrogens with one attached hydrogen (secondary N) is 1. The average Bonchev–Trinajstić information content (AvgIpc) is 2.48. The third-order valence-electron chi connectivity index (χ3n) is 4.22. The molecule has 2 N–H and O–H groups in total. The van der Waals surface area contributed by atoms with Gasteiger partial charge in [0.25, 0.3) is 5.91 Å². The van der Waals surface area contributed by atoms with Crippen LogP contribution >= 0.6 is 0 Å². The third kappa shape index (κ3) is 3.40. The maximum atomic E-state index is 13.7. The van der Waals surface area contributed by atoms with Crippen LogP contribution in [0.5, 0.6) is 0 Å². The molecule has 4 nitrogen and oxygen atoms in total. The predicted octanol–water partition coefficient (Wildman–Crippen LogP) is 2.90. The fraction of sp³-hybridized carbons (Fsp3) is 0.500. The van der Waals surface area contributed by atoms with Crippen molar-refractivity contribution in [2.24, 2.45) is 5.41 Å². The van der Waals surface area contributed by atoms with Crippen LogP contribution in [-0.2, 0) is 4.79 Å². The van der Waals surface area contributed by atoms with E-state index in [0.29, 0.717) is 12.8 Å². The number of carbonyl (C=O) groups is 2. The molecule has 0 aliphatic heterocycles. The molecule has 0 radical (unpaired) electrons. The van der Waals surface area contributed by atoms with Crippen LogP contribution in [0.25, 0.3) is 0 Å². The van der Waals surface area contributed by atoms with Crippen molar-refractivity contribution >= 4 is 11.9 Å². The molecular formula is C16H20FNO3. The topological polar surface area (TPSA) is 66.4 Å². The summed E-state index contributed by atoms with van der Waals surface area (Å²) in [7, 11) is 0. The number of amides is 1. The molecule has 1 amide bonds. The Hall–Kier alpha value is -1.91. The number of carboxylic acid groups (broad SMARTS) is 1. The lowest BCUT2D eigenvalue weighted by atomic mass is 9.74. The molecule has 1 aliphatic rings. The number of halogens is 1. The summed E-state index contributed by atoms with van der Waals surface area (Å²) in [5.74, 6) is -2.03. The van der Waals surface area contributed by atoms with Crippen LogP contribution in [0.3, 0.4) is 0 Å². The van der Waals surface area contributed by atoms with E-state index in [4.69, 9.17) is 0 Å². The molecule has 5 heteroatoms. The van der Waals surface area contributed by atoms with Gasteiger partial charge in [0.1, 0.15) is 5.82 Å². The fourth-order valence-electron chi connectivity index (χ4n) is 2.85. The minimum absolute atomic E-state index is 0.0358. The molecule has 0 bridgehead atoms. The molecule has 114 valence electrons. The summed E-state index contributed by atoms with van der Waals surface area (Å²) in [5.41, 5.74) is -0.160. The Morgan fingerprint density at radius 3 is 2.57 bits per heavy atom. The lowest BCUT2D eigenvalue weighted by molar-refractivity contribution is -0.150. The number of hydrogen-bond donors (Lipinski definition) is 2. The molecule has 0 unspecified atom stereocenters. The third-order valence-corrected chi connectivity index (χ3v) is 4.22. The minimum atomic E-state index is -0.909. The lowest BCUT2D eigenvalue weighted by Gasteiger charge is -2.33. The van der Waals surface area contributed by atoms with Gasteiger partial charge in [-0.2, -0.15) is 0 Å². The van der Waals surface area contributed by atoms with Crippen molar-refractivity contribution < 1.29 is 19.1 Å². The summed E-state index contributed by atoms with van der Waals surface area (Å²) in [6, 6.07) is 4.31. The van der Waals surface area contributed by atoms with E-state index >= 15 is 0 Å². The van der Waals surface area contributed by atoms with Gasteiger partial charge < -0.3 is 10.4 Å². The fourth-order valence-corrected chi connectivity index (χ4v) is 2.85. The second-order valence-corrected chi connectivity index (χ2v) is 5.81. The first kappa shape index (κ1) is 15.5. The molecule has 0 saturated heterocycles. The highest BCUT2D eigenvalue weighted by molar-refractivity contribution is 5.95. The van der Waals surface area contributed by atoms with Crippen LogP contribution in [0, 0.1) is 18.2 Å². The lowest BCUT2D eigenvalue weighted by Crippen LogP contribution is -2.44. The molecule has 1 saturated carbocycles. The average molecular weight is 293 g/mol.